The van der Waals surface area contributed by atoms with Gasteiger partial charge in [-0.25, -0.2) is 4.79 Å². The van der Waals surface area contributed by atoms with E-state index in [1.807, 2.05) is 6.26 Å². The van der Waals surface area contributed by atoms with Gasteiger partial charge in [0.25, 0.3) is 13.7 Å². The van der Waals surface area contributed by atoms with Crippen molar-refractivity contribution in [1.29, 1.82) is 0 Å². The highest BCUT2D eigenvalue weighted by molar-refractivity contribution is 8.76. The van der Waals surface area contributed by atoms with E-state index in [4.69, 9.17) is 14.4 Å². The van der Waals surface area contributed by atoms with E-state index in [9.17, 15) is 37.0 Å². The summed E-state index contributed by atoms with van der Waals surface area (Å²) in [5, 5.41) is 4.02. The molecule has 1 aliphatic rings. The monoisotopic (exact) mass is 665 g/mol. The fourth-order valence-corrected chi connectivity index (χ4v) is 5.48. The average Bonchev–Trinajstić information content (AvgIpc) is 3.32. The first-order chi connectivity index (χ1) is 20.2. The number of ether oxygens (including phenoxy) is 2. The lowest BCUT2D eigenvalue weighted by atomic mass is 10.2. The third-order valence-electron chi connectivity index (χ3n) is 5.53. The lowest BCUT2D eigenvalue weighted by molar-refractivity contribution is -0.223. The van der Waals surface area contributed by atoms with Gasteiger partial charge in [-0.2, -0.15) is 18.2 Å². The minimum atomic E-state index is -5.12. The molecule has 0 saturated carbocycles. The average molecular weight is 666 g/mol. The Hall–Kier alpha value is -2.88. The minimum Gasteiger partial charge on any atom is -0.756 e. The molecular formula is C24H25F3N4O9PS2-. The first-order valence-electron chi connectivity index (χ1n) is 12.2. The topological polar surface area (TPSA) is 181 Å². The van der Waals surface area contributed by atoms with Crippen LogP contribution in [0.15, 0.2) is 41.3 Å². The van der Waals surface area contributed by atoms with Crippen LogP contribution < -0.4 is 21.2 Å². The maximum Gasteiger partial charge on any atom is 0.471 e. The number of nitrogens with zero attached hydrogens (tertiary/aromatic N) is 2. The van der Waals surface area contributed by atoms with Crippen molar-refractivity contribution < 1.29 is 51.1 Å². The summed E-state index contributed by atoms with van der Waals surface area (Å²) in [6.07, 6.45) is -5.13. The van der Waals surface area contributed by atoms with Crippen LogP contribution in [0.4, 0.5) is 19.0 Å². The summed E-state index contributed by atoms with van der Waals surface area (Å²) in [5.74, 6) is 1.62. The van der Waals surface area contributed by atoms with Crippen LogP contribution in [0.2, 0.25) is 0 Å². The quantitative estimate of drug-likeness (QED) is 0.138. The van der Waals surface area contributed by atoms with Gasteiger partial charge in [-0.3, -0.25) is 18.7 Å². The maximum absolute atomic E-state index is 13.1. The molecule has 0 aliphatic carbocycles. The third kappa shape index (κ3) is 10.7. The number of rotatable bonds is 11. The molecule has 3 N–H and O–H groups in total. The van der Waals surface area contributed by atoms with Gasteiger partial charge in [0.15, 0.2) is 5.82 Å². The van der Waals surface area contributed by atoms with E-state index in [1.54, 1.807) is 30.4 Å². The SMILES string of the molecule is CSS[C@@H](C)OC1C[C@H](n2cc(C#CCNC(=O)C(F)(F)F)c(NC(=O)c3ccccc3)nc2=O)O[C@@H]1COP(=O)([O-])O. The standard InChI is InChI=1S/C24H26F3N4O9PS2/c1-14(43-42-2)39-17-11-19(40-18(17)13-38-41(35,36)37)31-12-16(9-6-10-28-22(33)24(25,26)27)20(30-23(31)34)29-21(32)15-7-4-3-5-8-15/h3-5,7-8,12,14,17-19H,10-11,13H2,1-2H3,(H,28,33)(H2,35,36,37)(H,29,30,32,34)/p-1/t14-,17?,18+,19+/m0/s1. The van der Waals surface area contributed by atoms with Crippen LogP contribution in [0.3, 0.4) is 0 Å². The maximum atomic E-state index is 13.1. The lowest BCUT2D eigenvalue weighted by Gasteiger charge is -2.24. The zero-order chi connectivity index (χ0) is 31.8. The van der Waals surface area contributed by atoms with Crippen LogP contribution in [0.1, 0.15) is 35.5 Å². The fourth-order valence-electron chi connectivity index (χ4n) is 3.73. The van der Waals surface area contributed by atoms with Gasteiger partial charge in [0.2, 0.25) is 0 Å². The molecule has 0 radical (unpaired) electrons. The molecule has 2 heterocycles. The van der Waals surface area contributed by atoms with E-state index in [1.165, 1.54) is 33.7 Å². The molecule has 3 rings (SSSR count). The zero-order valence-corrected chi connectivity index (χ0v) is 24.9. The smallest absolute Gasteiger partial charge is 0.471 e. The molecule has 1 aromatic heterocycles. The van der Waals surface area contributed by atoms with Crippen molar-refractivity contribution >= 4 is 47.0 Å². The Morgan fingerprint density at radius 3 is 2.67 bits per heavy atom. The Labute approximate surface area is 250 Å². The molecule has 1 aromatic carbocycles. The van der Waals surface area contributed by atoms with E-state index < -0.39 is 68.5 Å². The van der Waals surface area contributed by atoms with Crippen molar-refractivity contribution in [3.8, 4) is 11.8 Å². The summed E-state index contributed by atoms with van der Waals surface area (Å²) in [4.78, 5) is 61.0. The number of hydrogen-bond acceptors (Lipinski definition) is 11. The summed E-state index contributed by atoms with van der Waals surface area (Å²) in [6, 6.07) is 7.86. The molecule has 1 fully saturated rings. The normalized spacial score (nSPS) is 20.4. The van der Waals surface area contributed by atoms with Gasteiger partial charge in [0.05, 0.1) is 24.8 Å². The second-order valence-corrected chi connectivity index (χ2v) is 12.6. The Bertz CT molecular complexity index is 1460. The molecule has 2 unspecified atom stereocenters. The summed E-state index contributed by atoms with van der Waals surface area (Å²) < 4.78 is 65.9. The van der Waals surface area contributed by atoms with Gasteiger partial charge >= 0.3 is 17.8 Å². The number of phosphoric ester groups is 1. The Morgan fingerprint density at radius 2 is 2.05 bits per heavy atom. The van der Waals surface area contributed by atoms with Crippen LogP contribution in [0.5, 0.6) is 0 Å². The van der Waals surface area contributed by atoms with Crippen molar-refractivity contribution in [2.75, 3.05) is 24.7 Å². The lowest BCUT2D eigenvalue weighted by Crippen LogP contribution is -2.36. The van der Waals surface area contributed by atoms with Crippen LogP contribution in [-0.2, 0) is 23.4 Å². The molecule has 1 saturated heterocycles. The molecule has 19 heteroatoms. The summed E-state index contributed by atoms with van der Waals surface area (Å²) >= 11 is 0. The van der Waals surface area contributed by atoms with Gasteiger partial charge in [-0.1, -0.05) is 51.6 Å². The largest absolute Gasteiger partial charge is 0.756 e. The van der Waals surface area contributed by atoms with Crippen molar-refractivity contribution in [2.24, 2.45) is 0 Å². The molecule has 5 atom stereocenters. The van der Waals surface area contributed by atoms with E-state index in [0.29, 0.717) is 0 Å². The van der Waals surface area contributed by atoms with Gasteiger partial charge in [-0.05, 0) is 25.3 Å². The van der Waals surface area contributed by atoms with E-state index in [2.05, 4.69) is 26.7 Å². The van der Waals surface area contributed by atoms with Crippen molar-refractivity contribution in [3.05, 3.63) is 58.1 Å². The van der Waals surface area contributed by atoms with Crippen molar-refractivity contribution in [3.63, 3.8) is 0 Å². The van der Waals surface area contributed by atoms with Gasteiger partial charge in [-0.15, -0.1) is 0 Å². The Kier molecular flexibility index (Phi) is 12.2. The number of aromatic nitrogens is 2. The second kappa shape index (κ2) is 15.2. The number of halogens is 3. The number of benzene rings is 1. The predicted molar refractivity (Wildman–Crippen MR) is 149 cm³/mol. The van der Waals surface area contributed by atoms with Crippen LogP contribution in [0.25, 0.3) is 0 Å². The van der Waals surface area contributed by atoms with Crippen LogP contribution in [0, 0.1) is 11.8 Å². The van der Waals surface area contributed by atoms with Crippen molar-refractivity contribution in [1.82, 2.24) is 14.9 Å². The summed E-state index contributed by atoms with van der Waals surface area (Å²) in [7, 11) is -2.34. The fraction of sp³-hybridized carbons (Fsp3) is 0.417. The molecule has 2 aromatic rings. The first kappa shape index (κ1) is 34.6. The highest BCUT2D eigenvalue weighted by Gasteiger charge is 2.40. The molecule has 0 bridgehead atoms. The molecule has 2 amide bonds. The molecule has 13 nitrogen and oxygen atoms in total. The highest BCUT2D eigenvalue weighted by atomic mass is 33.1. The minimum absolute atomic E-state index is 0.00624. The predicted octanol–water partition coefficient (Wildman–Crippen LogP) is 2.03. The number of hydrogen-bond donors (Lipinski definition) is 3. The molecular weight excluding hydrogens is 640 g/mol. The summed E-state index contributed by atoms with van der Waals surface area (Å²) in [6.45, 7) is 0.383. The number of phosphoric acid groups is 1. The zero-order valence-electron chi connectivity index (χ0n) is 22.4. The van der Waals surface area contributed by atoms with Gasteiger partial charge in [0.1, 0.15) is 17.8 Å². The number of nitrogens with one attached hydrogen (secondary N) is 2. The van der Waals surface area contributed by atoms with Gasteiger partial charge in [0, 0.05) is 18.2 Å². The van der Waals surface area contributed by atoms with Gasteiger partial charge < -0.3 is 34.4 Å². The first-order valence-corrected chi connectivity index (χ1v) is 16.3. The van der Waals surface area contributed by atoms with Crippen LogP contribution in [-0.4, -0.2) is 69.5 Å². The highest BCUT2D eigenvalue weighted by Crippen LogP contribution is 2.37. The van der Waals surface area contributed by atoms with E-state index >= 15 is 0 Å². The van der Waals surface area contributed by atoms with E-state index in [0.717, 1.165) is 10.8 Å². The number of anilines is 1. The molecule has 0 spiro atoms. The Morgan fingerprint density at radius 1 is 1.35 bits per heavy atom. The summed E-state index contributed by atoms with van der Waals surface area (Å²) in [5.41, 5.74) is -1.22. The second-order valence-electron chi connectivity index (χ2n) is 8.63. The third-order valence-corrected chi connectivity index (χ3v) is 7.97. The van der Waals surface area contributed by atoms with Crippen LogP contribution >= 0.6 is 29.4 Å². The number of carbonyl (C=O) groups is 2. The van der Waals surface area contributed by atoms with Crippen molar-refractivity contribution in [2.45, 2.75) is 43.4 Å². The number of alkyl halides is 3. The molecule has 43 heavy (non-hydrogen) atoms. The Balaban J connectivity index is 1.93. The number of amides is 2. The molecule has 234 valence electrons. The van der Waals surface area contributed by atoms with E-state index in [-0.39, 0.29) is 23.4 Å². The number of carbonyl (C=O) groups excluding carboxylic acids is 2. The molecule has 1 aliphatic heterocycles.